The molecule has 1 aromatic carbocycles. The van der Waals surface area contributed by atoms with Crippen LogP contribution in [0.4, 0.5) is 0 Å². The molecule has 1 N–H and O–H groups in total. The Kier molecular flexibility index (Phi) is 4.62. The summed E-state index contributed by atoms with van der Waals surface area (Å²) < 4.78 is 15.9. The van der Waals surface area contributed by atoms with Crippen molar-refractivity contribution in [1.82, 2.24) is 0 Å². The van der Waals surface area contributed by atoms with Gasteiger partial charge in [0.25, 0.3) is 0 Å². The van der Waals surface area contributed by atoms with Crippen molar-refractivity contribution in [3.63, 3.8) is 0 Å². The maximum Gasteiger partial charge on any atom is 0.339 e. The monoisotopic (exact) mass is 304 g/mol. The number of carboxylic acids is 1. The summed E-state index contributed by atoms with van der Waals surface area (Å²) in [5, 5.41) is 9.29. The second kappa shape index (κ2) is 6.44. The Morgan fingerprint density at radius 3 is 2.27 bits per heavy atom. The minimum atomic E-state index is -1.18. The Balaban J connectivity index is 2.49. The van der Waals surface area contributed by atoms with Crippen molar-refractivity contribution in [1.29, 1.82) is 0 Å². The van der Waals surface area contributed by atoms with Gasteiger partial charge in [0, 0.05) is 20.1 Å². The number of aromatic carboxylic acids is 1. The van der Waals surface area contributed by atoms with Gasteiger partial charge in [0.2, 0.25) is 0 Å². The number of ketones is 1. The van der Waals surface area contributed by atoms with Gasteiger partial charge in [-0.2, -0.15) is 0 Å². The quantitative estimate of drug-likeness (QED) is 0.826. The number of carbonyl (C=O) groups excluding carboxylic acids is 1. The van der Waals surface area contributed by atoms with Crippen molar-refractivity contribution >= 4 is 11.8 Å². The lowest BCUT2D eigenvalue weighted by atomic mass is 10.0. The second-order valence-corrected chi connectivity index (χ2v) is 4.64. The van der Waals surface area contributed by atoms with Crippen LogP contribution in [-0.2, 0) is 4.74 Å². The van der Waals surface area contributed by atoms with Crippen LogP contribution in [0.2, 0.25) is 0 Å². The molecule has 0 amide bonds. The molecule has 0 fully saturated rings. The molecule has 22 heavy (non-hydrogen) atoms. The van der Waals surface area contributed by atoms with Gasteiger partial charge in [-0.1, -0.05) is 12.1 Å². The molecule has 6 nitrogen and oxygen atoms in total. The first-order valence-electron chi connectivity index (χ1n) is 6.52. The Labute approximate surface area is 127 Å². The molecule has 1 heterocycles. The number of carboxylic acid groups (broad SMARTS) is 1. The van der Waals surface area contributed by atoms with E-state index in [0.29, 0.717) is 11.3 Å². The van der Waals surface area contributed by atoms with Crippen molar-refractivity contribution in [3.05, 3.63) is 53.0 Å². The molecule has 0 saturated carbocycles. The van der Waals surface area contributed by atoms with Crippen LogP contribution < -0.4 is 4.74 Å². The number of Topliss-reactive ketones (excluding diaryl/α,β-unsaturated/α-hetero) is 1. The summed E-state index contributed by atoms with van der Waals surface area (Å²) in [7, 11) is 2.99. The number of benzene rings is 1. The second-order valence-electron chi connectivity index (χ2n) is 4.64. The maximum absolute atomic E-state index is 11.4. The van der Waals surface area contributed by atoms with E-state index in [2.05, 4.69) is 0 Å². The van der Waals surface area contributed by atoms with Gasteiger partial charge >= 0.3 is 5.97 Å². The lowest BCUT2D eigenvalue weighted by Gasteiger charge is -2.14. The third-order valence-corrected chi connectivity index (χ3v) is 3.23. The summed E-state index contributed by atoms with van der Waals surface area (Å²) in [6.45, 7) is 1.31. The lowest BCUT2D eigenvalue weighted by molar-refractivity contribution is 0.0677. The first kappa shape index (κ1) is 15.8. The molecular weight excluding hydrogens is 288 g/mol. The largest absolute Gasteiger partial charge is 0.497 e. The summed E-state index contributed by atoms with van der Waals surface area (Å²) >= 11 is 0. The normalized spacial score (nSPS) is 12.0. The topological polar surface area (TPSA) is 86.0 Å². The number of rotatable bonds is 6. The highest BCUT2D eigenvalue weighted by atomic mass is 16.5. The van der Waals surface area contributed by atoms with Crippen molar-refractivity contribution in [2.24, 2.45) is 0 Å². The van der Waals surface area contributed by atoms with Gasteiger partial charge in [0.05, 0.1) is 7.11 Å². The number of carbonyl (C=O) groups is 2. The molecule has 0 aliphatic rings. The minimum absolute atomic E-state index is 0.0111. The van der Waals surface area contributed by atoms with Crippen molar-refractivity contribution in [3.8, 4) is 5.75 Å². The van der Waals surface area contributed by atoms with Crippen molar-refractivity contribution in [2.45, 2.75) is 13.0 Å². The molecule has 0 aliphatic heterocycles. The smallest absolute Gasteiger partial charge is 0.339 e. The van der Waals surface area contributed by atoms with Crippen LogP contribution in [0.25, 0.3) is 0 Å². The highest BCUT2D eigenvalue weighted by Crippen LogP contribution is 2.31. The third-order valence-electron chi connectivity index (χ3n) is 3.23. The molecular formula is C16H16O6. The fourth-order valence-corrected chi connectivity index (χ4v) is 2.11. The van der Waals surface area contributed by atoms with Gasteiger partial charge < -0.3 is 19.0 Å². The van der Waals surface area contributed by atoms with Crippen LogP contribution >= 0.6 is 0 Å². The fourth-order valence-electron chi connectivity index (χ4n) is 2.11. The Bertz CT molecular complexity index is 683. The predicted octanol–water partition coefficient (Wildman–Crippen LogP) is 2.92. The Morgan fingerprint density at radius 2 is 1.82 bits per heavy atom. The molecule has 0 bridgehead atoms. The SMILES string of the molecule is COc1ccc(C(OC)c2oc(C(C)=O)cc2C(=O)O)cc1. The molecule has 1 aromatic heterocycles. The van der Waals surface area contributed by atoms with Gasteiger partial charge in [0.1, 0.15) is 17.4 Å². The van der Waals surface area contributed by atoms with Gasteiger partial charge in [-0.25, -0.2) is 4.79 Å². The van der Waals surface area contributed by atoms with Crippen LogP contribution in [0.1, 0.15) is 45.3 Å². The van der Waals surface area contributed by atoms with E-state index in [0.717, 1.165) is 0 Å². The summed E-state index contributed by atoms with van der Waals surface area (Å²) in [6, 6.07) is 8.17. The zero-order chi connectivity index (χ0) is 16.3. The van der Waals surface area contributed by atoms with Crippen LogP contribution in [0.3, 0.4) is 0 Å². The molecule has 1 atom stereocenters. The molecule has 0 spiro atoms. The van der Waals surface area contributed by atoms with Gasteiger partial charge in [0.15, 0.2) is 17.3 Å². The zero-order valence-electron chi connectivity index (χ0n) is 12.5. The van der Waals surface area contributed by atoms with Crippen molar-refractivity contribution in [2.75, 3.05) is 14.2 Å². The number of methoxy groups -OCH3 is 2. The number of ether oxygens (including phenoxy) is 2. The molecule has 2 aromatic rings. The van der Waals surface area contributed by atoms with Gasteiger partial charge in [-0.15, -0.1) is 0 Å². The van der Waals surface area contributed by atoms with E-state index in [-0.39, 0.29) is 22.9 Å². The zero-order valence-corrected chi connectivity index (χ0v) is 12.5. The molecule has 0 radical (unpaired) electrons. The minimum Gasteiger partial charge on any atom is -0.497 e. The Hall–Kier alpha value is -2.60. The maximum atomic E-state index is 11.4. The van der Waals surface area contributed by atoms with E-state index in [4.69, 9.17) is 13.9 Å². The molecule has 6 heteroatoms. The molecule has 0 aliphatic carbocycles. The average Bonchev–Trinajstić information content (AvgIpc) is 2.94. The first-order chi connectivity index (χ1) is 10.5. The van der Waals surface area contributed by atoms with Crippen LogP contribution in [0.15, 0.2) is 34.7 Å². The first-order valence-corrected chi connectivity index (χ1v) is 6.52. The lowest BCUT2D eigenvalue weighted by Crippen LogP contribution is -2.08. The van der Waals surface area contributed by atoms with Crippen molar-refractivity contribution < 1.29 is 28.6 Å². The van der Waals surface area contributed by atoms with Crippen LogP contribution in [0.5, 0.6) is 5.75 Å². The fraction of sp³-hybridized carbons (Fsp3) is 0.250. The van der Waals surface area contributed by atoms with Gasteiger partial charge in [-0.05, 0) is 17.7 Å². The van der Waals surface area contributed by atoms with Gasteiger partial charge in [-0.3, -0.25) is 4.79 Å². The van der Waals surface area contributed by atoms with Crippen LogP contribution in [0, 0.1) is 0 Å². The van der Waals surface area contributed by atoms with Crippen LogP contribution in [-0.4, -0.2) is 31.1 Å². The predicted molar refractivity (Wildman–Crippen MR) is 77.5 cm³/mol. The molecule has 0 saturated heterocycles. The summed E-state index contributed by atoms with van der Waals surface area (Å²) in [5.41, 5.74) is 0.600. The molecule has 2 rings (SSSR count). The highest BCUT2D eigenvalue weighted by Gasteiger charge is 2.27. The van der Waals surface area contributed by atoms with E-state index in [1.165, 1.54) is 20.1 Å². The molecule has 116 valence electrons. The summed E-state index contributed by atoms with van der Waals surface area (Å²) in [6.07, 6.45) is -0.731. The highest BCUT2D eigenvalue weighted by molar-refractivity contribution is 5.96. The van der Waals surface area contributed by atoms with E-state index in [9.17, 15) is 14.7 Å². The van der Waals surface area contributed by atoms with E-state index in [1.54, 1.807) is 31.4 Å². The third kappa shape index (κ3) is 3.01. The number of hydrogen-bond donors (Lipinski definition) is 1. The summed E-state index contributed by atoms with van der Waals surface area (Å²) in [4.78, 5) is 22.8. The summed E-state index contributed by atoms with van der Waals surface area (Å²) in [5.74, 6) is -0.783. The number of furan rings is 1. The van der Waals surface area contributed by atoms with E-state index >= 15 is 0 Å². The Morgan fingerprint density at radius 1 is 1.18 bits per heavy atom. The van der Waals surface area contributed by atoms with E-state index in [1.807, 2.05) is 0 Å². The molecule has 1 unspecified atom stereocenters. The number of hydrogen-bond acceptors (Lipinski definition) is 5. The average molecular weight is 304 g/mol. The van der Waals surface area contributed by atoms with E-state index < -0.39 is 12.1 Å². The standard InChI is InChI=1S/C16H16O6/c1-9(17)13-8-12(16(18)19)15(22-13)14(21-3)10-4-6-11(20-2)7-5-10/h4-8,14H,1-3H3,(H,18,19).